The summed E-state index contributed by atoms with van der Waals surface area (Å²) in [4.78, 5) is 13.9. The Morgan fingerprint density at radius 3 is 2.82 bits per heavy atom. The van der Waals surface area contributed by atoms with Gasteiger partial charge in [0.1, 0.15) is 17.3 Å². The number of aromatic nitrogens is 3. The Kier molecular flexibility index (Phi) is 2.26. The molecule has 0 radical (unpaired) electrons. The Hall–Kier alpha value is -2.36. The second-order valence-electron chi connectivity index (χ2n) is 3.83. The average Bonchev–Trinajstić information content (AvgIpc) is 2.86. The van der Waals surface area contributed by atoms with Gasteiger partial charge in [-0.15, -0.1) is 0 Å². The molecule has 4 nitrogen and oxygen atoms in total. The lowest BCUT2D eigenvalue weighted by Gasteiger charge is -2.16. The molecule has 0 spiro atoms. The summed E-state index contributed by atoms with van der Waals surface area (Å²) in [5, 5.41) is 1.11. The van der Waals surface area contributed by atoms with E-state index in [1.165, 1.54) is 0 Å². The van der Waals surface area contributed by atoms with Crippen molar-refractivity contribution in [2.24, 2.45) is 0 Å². The number of H-pyrrole nitrogens is 1. The molecule has 3 aromatic heterocycles. The van der Waals surface area contributed by atoms with Gasteiger partial charge in [0.2, 0.25) is 0 Å². The third kappa shape index (κ3) is 1.73. The third-order valence-electron chi connectivity index (χ3n) is 2.73. The van der Waals surface area contributed by atoms with Gasteiger partial charge in [-0.1, -0.05) is 6.07 Å². The summed E-state index contributed by atoms with van der Waals surface area (Å²) in [6.45, 7) is 0. The second kappa shape index (κ2) is 3.90. The van der Waals surface area contributed by atoms with Crippen LogP contribution < -0.4 is 4.90 Å². The van der Waals surface area contributed by atoms with Crippen molar-refractivity contribution in [1.82, 2.24) is 15.0 Å². The molecule has 0 aliphatic carbocycles. The first-order chi connectivity index (χ1) is 8.34. The topological polar surface area (TPSA) is 44.8 Å². The molecule has 0 bridgehead atoms. The van der Waals surface area contributed by atoms with Crippen LogP contribution in [0, 0.1) is 0 Å². The molecule has 0 atom stereocenters. The van der Waals surface area contributed by atoms with E-state index < -0.39 is 0 Å². The van der Waals surface area contributed by atoms with Gasteiger partial charge < -0.3 is 9.88 Å². The standard InChI is InChI=1S/C13H12N4/c1-17(11-4-2-3-8-14-11)12-6-5-10-7-9-15-13(10)16-12/h2-9H,1H3,(H,15,16). The fraction of sp³-hybridized carbons (Fsp3) is 0.0769. The molecule has 0 aromatic carbocycles. The third-order valence-corrected chi connectivity index (χ3v) is 2.73. The summed E-state index contributed by atoms with van der Waals surface area (Å²) in [7, 11) is 1.96. The molecule has 3 heterocycles. The predicted octanol–water partition coefficient (Wildman–Crippen LogP) is 2.73. The Labute approximate surface area is 98.9 Å². The second-order valence-corrected chi connectivity index (χ2v) is 3.83. The molecule has 0 saturated carbocycles. The van der Waals surface area contributed by atoms with Gasteiger partial charge in [0.25, 0.3) is 0 Å². The number of nitrogens with one attached hydrogen (secondary N) is 1. The van der Waals surface area contributed by atoms with Crippen LogP contribution >= 0.6 is 0 Å². The van der Waals surface area contributed by atoms with E-state index in [0.29, 0.717) is 0 Å². The van der Waals surface area contributed by atoms with Crippen LogP contribution in [0.15, 0.2) is 48.8 Å². The summed E-state index contributed by atoms with van der Waals surface area (Å²) in [5.41, 5.74) is 0.894. The fourth-order valence-electron chi connectivity index (χ4n) is 1.78. The molecule has 84 valence electrons. The Morgan fingerprint density at radius 2 is 2.00 bits per heavy atom. The first kappa shape index (κ1) is 9.84. The van der Waals surface area contributed by atoms with Crippen molar-refractivity contribution in [3.63, 3.8) is 0 Å². The van der Waals surface area contributed by atoms with E-state index in [2.05, 4.69) is 15.0 Å². The van der Waals surface area contributed by atoms with Gasteiger partial charge in [-0.3, -0.25) is 0 Å². The molecule has 1 N–H and O–H groups in total. The number of hydrogen-bond acceptors (Lipinski definition) is 3. The van der Waals surface area contributed by atoms with Gasteiger partial charge in [0, 0.05) is 24.8 Å². The minimum atomic E-state index is 0.874. The van der Waals surface area contributed by atoms with Crippen LogP contribution in [0.2, 0.25) is 0 Å². The highest BCUT2D eigenvalue weighted by molar-refractivity contribution is 5.78. The average molecular weight is 224 g/mol. The summed E-state index contributed by atoms with van der Waals surface area (Å²) < 4.78 is 0. The van der Waals surface area contributed by atoms with Crippen LogP contribution in [0.4, 0.5) is 11.6 Å². The molecule has 17 heavy (non-hydrogen) atoms. The normalized spacial score (nSPS) is 10.6. The van der Waals surface area contributed by atoms with Crippen molar-refractivity contribution < 1.29 is 0 Å². The lowest BCUT2D eigenvalue weighted by Crippen LogP contribution is -2.12. The van der Waals surface area contributed by atoms with Crippen molar-refractivity contribution in [3.8, 4) is 0 Å². The molecule has 0 fully saturated rings. The highest BCUT2D eigenvalue weighted by Crippen LogP contribution is 2.21. The molecule has 3 aromatic rings. The Morgan fingerprint density at radius 1 is 1.06 bits per heavy atom. The van der Waals surface area contributed by atoms with E-state index in [9.17, 15) is 0 Å². The van der Waals surface area contributed by atoms with Crippen LogP contribution in [0.3, 0.4) is 0 Å². The number of anilines is 2. The van der Waals surface area contributed by atoms with Gasteiger partial charge in [-0.05, 0) is 30.3 Å². The largest absolute Gasteiger partial charge is 0.346 e. The van der Waals surface area contributed by atoms with Crippen LogP contribution in [0.25, 0.3) is 11.0 Å². The number of nitrogens with zero attached hydrogens (tertiary/aromatic N) is 3. The van der Waals surface area contributed by atoms with E-state index in [4.69, 9.17) is 0 Å². The van der Waals surface area contributed by atoms with Crippen molar-refractivity contribution in [2.75, 3.05) is 11.9 Å². The minimum absolute atomic E-state index is 0.874. The molecule has 0 saturated heterocycles. The fourth-order valence-corrected chi connectivity index (χ4v) is 1.78. The van der Waals surface area contributed by atoms with Crippen molar-refractivity contribution in [3.05, 3.63) is 48.8 Å². The van der Waals surface area contributed by atoms with E-state index in [1.54, 1.807) is 6.20 Å². The molecule has 0 aliphatic heterocycles. The zero-order chi connectivity index (χ0) is 11.7. The van der Waals surface area contributed by atoms with E-state index in [-0.39, 0.29) is 0 Å². The number of fused-ring (bicyclic) bond motifs is 1. The van der Waals surface area contributed by atoms with E-state index in [0.717, 1.165) is 22.7 Å². The quantitative estimate of drug-likeness (QED) is 0.728. The smallest absolute Gasteiger partial charge is 0.139 e. The van der Waals surface area contributed by atoms with Gasteiger partial charge in [0.05, 0.1) is 0 Å². The number of hydrogen-bond donors (Lipinski definition) is 1. The zero-order valence-corrected chi connectivity index (χ0v) is 9.46. The SMILES string of the molecule is CN(c1ccccn1)c1ccc2cc[nH]c2n1. The van der Waals surface area contributed by atoms with Crippen LogP contribution in [-0.4, -0.2) is 22.0 Å². The molecule has 0 unspecified atom stereocenters. The first-order valence-electron chi connectivity index (χ1n) is 5.43. The molecule has 4 heteroatoms. The van der Waals surface area contributed by atoms with Crippen LogP contribution in [0.1, 0.15) is 0 Å². The zero-order valence-electron chi connectivity index (χ0n) is 9.46. The maximum atomic E-state index is 4.54. The number of rotatable bonds is 2. The molecule has 3 rings (SSSR count). The Balaban J connectivity index is 2.03. The van der Waals surface area contributed by atoms with Crippen molar-refractivity contribution in [1.29, 1.82) is 0 Å². The highest BCUT2D eigenvalue weighted by Gasteiger charge is 2.06. The van der Waals surface area contributed by atoms with Gasteiger partial charge >= 0.3 is 0 Å². The lowest BCUT2D eigenvalue weighted by molar-refractivity contribution is 1.09. The van der Waals surface area contributed by atoms with Gasteiger partial charge in [-0.25, -0.2) is 9.97 Å². The maximum absolute atomic E-state index is 4.54. The van der Waals surface area contributed by atoms with E-state index in [1.807, 2.05) is 54.5 Å². The number of pyridine rings is 2. The maximum Gasteiger partial charge on any atom is 0.139 e. The summed E-state index contributed by atoms with van der Waals surface area (Å²) >= 11 is 0. The summed E-state index contributed by atoms with van der Waals surface area (Å²) in [6.07, 6.45) is 3.67. The van der Waals surface area contributed by atoms with Crippen molar-refractivity contribution >= 4 is 22.7 Å². The van der Waals surface area contributed by atoms with Gasteiger partial charge in [0.15, 0.2) is 0 Å². The van der Waals surface area contributed by atoms with Crippen LogP contribution in [0.5, 0.6) is 0 Å². The Bertz CT molecular complexity index is 630. The monoisotopic (exact) mass is 224 g/mol. The number of aromatic amines is 1. The van der Waals surface area contributed by atoms with Gasteiger partial charge in [-0.2, -0.15) is 0 Å². The molecular formula is C13H12N4. The molecular weight excluding hydrogens is 212 g/mol. The molecule has 0 aliphatic rings. The lowest BCUT2D eigenvalue weighted by atomic mass is 10.3. The predicted molar refractivity (Wildman–Crippen MR) is 68.4 cm³/mol. The van der Waals surface area contributed by atoms with E-state index >= 15 is 0 Å². The summed E-state index contributed by atoms with van der Waals surface area (Å²) in [6, 6.07) is 11.9. The minimum Gasteiger partial charge on any atom is -0.346 e. The van der Waals surface area contributed by atoms with Crippen molar-refractivity contribution in [2.45, 2.75) is 0 Å². The first-order valence-corrected chi connectivity index (χ1v) is 5.43. The highest BCUT2D eigenvalue weighted by atomic mass is 15.2. The summed E-state index contributed by atoms with van der Waals surface area (Å²) in [5.74, 6) is 1.75. The van der Waals surface area contributed by atoms with Crippen LogP contribution in [-0.2, 0) is 0 Å². The molecule has 0 amide bonds.